The SMILES string of the molecule is CCOc1ccc(S(=O)(=O)N2CCN(C(=O)C(C)Oc3cccc(C(C)=O)c3)CC2)cc1. The lowest BCUT2D eigenvalue weighted by Crippen LogP contribution is -2.53. The molecule has 2 aromatic rings. The number of sulfonamides is 1. The number of rotatable bonds is 8. The van der Waals surface area contributed by atoms with E-state index in [-0.39, 0.29) is 42.8 Å². The Morgan fingerprint density at radius 3 is 2.25 bits per heavy atom. The second kappa shape index (κ2) is 10.1. The Kier molecular flexibility index (Phi) is 7.52. The van der Waals surface area contributed by atoms with E-state index in [0.717, 1.165) is 0 Å². The van der Waals surface area contributed by atoms with Crippen molar-refractivity contribution < 1.29 is 27.5 Å². The highest BCUT2D eigenvalue weighted by Crippen LogP contribution is 2.22. The summed E-state index contributed by atoms with van der Waals surface area (Å²) in [5.74, 6) is 0.746. The van der Waals surface area contributed by atoms with E-state index in [2.05, 4.69) is 0 Å². The topological polar surface area (TPSA) is 93.2 Å². The summed E-state index contributed by atoms with van der Waals surface area (Å²) in [7, 11) is -3.65. The van der Waals surface area contributed by atoms with Gasteiger partial charge in [-0.1, -0.05) is 12.1 Å². The zero-order chi connectivity index (χ0) is 23.3. The van der Waals surface area contributed by atoms with Crippen LogP contribution in [0.4, 0.5) is 0 Å². The molecule has 8 nitrogen and oxygen atoms in total. The largest absolute Gasteiger partial charge is 0.494 e. The highest BCUT2D eigenvalue weighted by atomic mass is 32.2. The molecule has 0 bridgehead atoms. The van der Waals surface area contributed by atoms with Crippen LogP contribution < -0.4 is 9.47 Å². The van der Waals surface area contributed by atoms with Crippen molar-refractivity contribution in [1.29, 1.82) is 0 Å². The first-order chi connectivity index (χ1) is 15.2. The van der Waals surface area contributed by atoms with Gasteiger partial charge in [0.25, 0.3) is 5.91 Å². The molecule has 0 aromatic heterocycles. The van der Waals surface area contributed by atoms with Gasteiger partial charge in [0.05, 0.1) is 11.5 Å². The van der Waals surface area contributed by atoms with Gasteiger partial charge in [-0.25, -0.2) is 8.42 Å². The minimum Gasteiger partial charge on any atom is -0.494 e. The zero-order valence-corrected chi connectivity index (χ0v) is 19.3. The molecule has 1 amide bonds. The summed E-state index contributed by atoms with van der Waals surface area (Å²) in [6.45, 7) is 6.43. The lowest BCUT2D eigenvalue weighted by Gasteiger charge is -2.35. The van der Waals surface area contributed by atoms with Crippen LogP contribution in [0.1, 0.15) is 31.1 Å². The third-order valence-electron chi connectivity index (χ3n) is 5.22. The van der Waals surface area contributed by atoms with Crippen molar-refractivity contribution in [2.75, 3.05) is 32.8 Å². The molecule has 0 radical (unpaired) electrons. The molecule has 1 aliphatic heterocycles. The van der Waals surface area contributed by atoms with E-state index < -0.39 is 16.1 Å². The summed E-state index contributed by atoms with van der Waals surface area (Å²) >= 11 is 0. The van der Waals surface area contributed by atoms with Crippen molar-refractivity contribution in [3.05, 3.63) is 54.1 Å². The highest BCUT2D eigenvalue weighted by Gasteiger charge is 2.32. The number of carbonyl (C=O) groups is 2. The minimum absolute atomic E-state index is 0.0840. The van der Waals surface area contributed by atoms with Gasteiger partial charge < -0.3 is 14.4 Å². The normalized spacial score (nSPS) is 15.8. The number of piperazine rings is 1. The summed E-state index contributed by atoms with van der Waals surface area (Å²) in [6.07, 6.45) is -0.758. The average molecular weight is 461 g/mol. The van der Waals surface area contributed by atoms with Gasteiger partial charge in [0, 0.05) is 31.7 Å². The maximum absolute atomic E-state index is 12.9. The summed E-state index contributed by atoms with van der Waals surface area (Å²) < 4.78 is 38.3. The number of amides is 1. The van der Waals surface area contributed by atoms with Crippen LogP contribution in [-0.2, 0) is 14.8 Å². The van der Waals surface area contributed by atoms with Crippen molar-refractivity contribution in [3.63, 3.8) is 0 Å². The summed E-state index contributed by atoms with van der Waals surface area (Å²) in [6, 6.07) is 13.0. The number of carbonyl (C=O) groups excluding carboxylic acids is 2. The van der Waals surface area contributed by atoms with E-state index in [1.165, 1.54) is 23.4 Å². The molecular weight excluding hydrogens is 432 g/mol. The number of Topliss-reactive ketones (excluding diaryl/α,β-unsaturated/α-hetero) is 1. The fourth-order valence-corrected chi connectivity index (χ4v) is 4.89. The molecule has 172 valence electrons. The lowest BCUT2D eigenvalue weighted by molar-refractivity contribution is -0.139. The summed E-state index contributed by atoms with van der Waals surface area (Å²) in [5.41, 5.74) is 0.509. The molecule has 9 heteroatoms. The Morgan fingerprint density at radius 1 is 1.00 bits per heavy atom. The third kappa shape index (κ3) is 5.46. The Balaban J connectivity index is 1.59. The second-order valence-corrected chi connectivity index (χ2v) is 9.42. The molecular formula is C23H28N2O6S. The number of ether oxygens (including phenoxy) is 2. The van der Waals surface area contributed by atoms with Gasteiger partial charge >= 0.3 is 0 Å². The fourth-order valence-electron chi connectivity index (χ4n) is 3.47. The molecule has 1 saturated heterocycles. The first kappa shape index (κ1) is 23.7. The predicted octanol–water partition coefficient (Wildman–Crippen LogP) is 2.59. The van der Waals surface area contributed by atoms with E-state index >= 15 is 0 Å². The van der Waals surface area contributed by atoms with E-state index in [1.54, 1.807) is 48.2 Å². The maximum Gasteiger partial charge on any atom is 0.263 e. The fraction of sp³-hybridized carbons (Fsp3) is 0.391. The molecule has 1 unspecified atom stereocenters. The molecule has 0 N–H and O–H groups in total. The molecule has 2 aromatic carbocycles. The van der Waals surface area contributed by atoms with Crippen LogP contribution in [0.5, 0.6) is 11.5 Å². The van der Waals surface area contributed by atoms with Crippen LogP contribution in [-0.4, -0.2) is 68.2 Å². The standard InChI is InChI=1S/C23H28N2O6S/c1-4-30-20-8-10-22(11-9-20)32(28,29)25-14-12-24(13-15-25)23(27)18(3)31-21-7-5-6-19(16-21)17(2)26/h5-11,16,18H,4,12-15H2,1-3H3. The molecule has 1 fully saturated rings. The quantitative estimate of drug-likeness (QED) is 0.562. The van der Waals surface area contributed by atoms with Crippen molar-refractivity contribution in [2.45, 2.75) is 31.8 Å². The van der Waals surface area contributed by atoms with Crippen molar-refractivity contribution >= 4 is 21.7 Å². The lowest BCUT2D eigenvalue weighted by atomic mass is 10.1. The number of hydrogen-bond donors (Lipinski definition) is 0. The molecule has 32 heavy (non-hydrogen) atoms. The number of hydrogen-bond acceptors (Lipinski definition) is 6. The van der Waals surface area contributed by atoms with Crippen molar-refractivity contribution in [2.24, 2.45) is 0 Å². The zero-order valence-electron chi connectivity index (χ0n) is 18.5. The Bertz CT molecular complexity index is 1060. The third-order valence-corrected chi connectivity index (χ3v) is 7.14. The average Bonchev–Trinajstić information content (AvgIpc) is 2.79. The number of nitrogens with zero attached hydrogens (tertiary/aromatic N) is 2. The molecule has 1 aliphatic rings. The van der Waals surface area contributed by atoms with E-state index in [1.807, 2.05) is 6.92 Å². The smallest absolute Gasteiger partial charge is 0.263 e. The number of benzene rings is 2. The van der Waals surface area contributed by atoms with Crippen LogP contribution in [0.2, 0.25) is 0 Å². The minimum atomic E-state index is -3.65. The molecule has 3 rings (SSSR count). The van der Waals surface area contributed by atoms with Gasteiger partial charge in [0.1, 0.15) is 11.5 Å². The van der Waals surface area contributed by atoms with E-state index in [4.69, 9.17) is 9.47 Å². The van der Waals surface area contributed by atoms with Crippen molar-refractivity contribution in [3.8, 4) is 11.5 Å². The Morgan fingerprint density at radius 2 is 1.66 bits per heavy atom. The molecule has 0 saturated carbocycles. The predicted molar refractivity (Wildman–Crippen MR) is 119 cm³/mol. The molecule has 1 heterocycles. The van der Waals surface area contributed by atoms with Crippen LogP contribution in [0.25, 0.3) is 0 Å². The Labute approximate surface area is 188 Å². The van der Waals surface area contributed by atoms with Gasteiger partial charge in [-0.3, -0.25) is 9.59 Å². The maximum atomic E-state index is 12.9. The van der Waals surface area contributed by atoms with Crippen LogP contribution in [0.3, 0.4) is 0 Å². The monoisotopic (exact) mass is 460 g/mol. The first-order valence-electron chi connectivity index (χ1n) is 10.5. The van der Waals surface area contributed by atoms with Crippen LogP contribution in [0.15, 0.2) is 53.4 Å². The Hall–Kier alpha value is -2.91. The molecule has 0 aliphatic carbocycles. The molecule has 0 spiro atoms. The van der Waals surface area contributed by atoms with E-state index in [0.29, 0.717) is 23.7 Å². The summed E-state index contributed by atoms with van der Waals surface area (Å²) in [5, 5.41) is 0. The van der Waals surface area contributed by atoms with Gasteiger partial charge in [0.15, 0.2) is 11.9 Å². The second-order valence-electron chi connectivity index (χ2n) is 7.48. The van der Waals surface area contributed by atoms with Crippen LogP contribution in [0, 0.1) is 0 Å². The van der Waals surface area contributed by atoms with E-state index in [9.17, 15) is 18.0 Å². The van der Waals surface area contributed by atoms with Gasteiger partial charge in [0.2, 0.25) is 10.0 Å². The van der Waals surface area contributed by atoms with Crippen LogP contribution >= 0.6 is 0 Å². The van der Waals surface area contributed by atoms with Gasteiger partial charge in [-0.15, -0.1) is 0 Å². The van der Waals surface area contributed by atoms with Gasteiger partial charge in [-0.05, 0) is 57.2 Å². The first-order valence-corrected chi connectivity index (χ1v) is 12.0. The molecule has 1 atom stereocenters. The number of ketones is 1. The van der Waals surface area contributed by atoms with Gasteiger partial charge in [-0.2, -0.15) is 4.31 Å². The van der Waals surface area contributed by atoms with Crippen molar-refractivity contribution in [1.82, 2.24) is 9.21 Å². The highest BCUT2D eigenvalue weighted by molar-refractivity contribution is 7.89. The summed E-state index contributed by atoms with van der Waals surface area (Å²) in [4.78, 5) is 26.1.